The smallest absolute Gasteiger partial charge is 0.0991 e. The van der Waals surface area contributed by atoms with Crippen LogP contribution in [-0.4, -0.2) is 16.6 Å². The molecule has 0 aliphatic rings. The van der Waals surface area contributed by atoms with Gasteiger partial charge >= 0.3 is 0 Å². The van der Waals surface area contributed by atoms with Crippen LogP contribution in [-0.2, 0) is 0 Å². The molecule has 1 heterocycles. The van der Waals surface area contributed by atoms with Crippen molar-refractivity contribution in [2.75, 3.05) is 7.05 Å². The lowest BCUT2D eigenvalue weighted by Crippen LogP contribution is -2.15. The lowest BCUT2D eigenvalue weighted by atomic mass is 10.0. The van der Waals surface area contributed by atoms with E-state index >= 15 is 0 Å². The van der Waals surface area contributed by atoms with Crippen molar-refractivity contribution >= 4 is 0 Å². The Morgan fingerprint density at radius 1 is 1.31 bits per heavy atom. The summed E-state index contributed by atoms with van der Waals surface area (Å²) in [6.45, 7) is 2.19. The number of imidazole rings is 1. The number of nitrogens with one attached hydrogen (secondary N) is 1. The highest BCUT2D eigenvalue weighted by atomic mass is 15.0. The first-order valence-electron chi connectivity index (χ1n) is 5.60. The first-order chi connectivity index (χ1) is 7.85. The van der Waals surface area contributed by atoms with Crippen LogP contribution >= 0.6 is 0 Å². The lowest BCUT2D eigenvalue weighted by Gasteiger charge is -2.14. The van der Waals surface area contributed by atoms with Gasteiger partial charge in [-0.05, 0) is 31.2 Å². The maximum atomic E-state index is 4.04. The maximum Gasteiger partial charge on any atom is 0.0991 e. The average Bonchev–Trinajstić information content (AvgIpc) is 2.85. The second kappa shape index (κ2) is 4.94. The van der Waals surface area contributed by atoms with Crippen LogP contribution in [0.3, 0.4) is 0 Å². The topological polar surface area (TPSA) is 29.9 Å². The van der Waals surface area contributed by atoms with Crippen molar-refractivity contribution in [1.82, 2.24) is 14.9 Å². The van der Waals surface area contributed by atoms with Crippen LogP contribution in [0.2, 0.25) is 0 Å². The average molecular weight is 215 g/mol. The fourth-order valence-electron chi connectivity index (χ4n) is 1.90. The summed E-state index contributed by atoms with van der Waals surface area (Å²) in [5.74, 6) is 0. The zero-order chi connectivity index (χ0) is 11.4. The predicted octanol–water partition coefficient (Wildman–Crippen LogP) is 2.54. The maximum absolute atomic E-state index is 4.04. The second-order valence-electron chi connectivity index (χ2n) is 3.81. The molecule has 0 aliphatic heterocycles. The fourth-order valence-corrected chi connectivity index (χ4v) is 1.90. The molecule has 16 heavy (non-hydrogen) atoms. The summed E-state index contributed by atoms with van der Waals surface area (Å²) in [6.07, 6.45) is 6.64. The predicted molar refractivity (Wildman–Crippen MR) is 65.7 cm³/mol. The minimum atomic E-state index is 0.442. The van der Waals surface area contributed by atoms with Crippen molar-refractivity contribution in [2.45, 2.75) is 19.4 Å². The van der Waals surface area contributed by atoms with Gasteiger partial charge in [-0.15, -0.1) is 0 Å². The molecule has 0 radical (unpaired) electrons. The van der Waals surface area contributed by atoms with Gasteiger partial charge in [-0.25, -0.2) is 4.98 Å². The van der Waals surface area contributed by atoms with E-state index in [0.29, 0.717) is 6.04 Å². The lowest BCUT2D eigenvalue weighted by molar-refractivity contribution is 0.577. The normalized spacial score (nSPS) is 12.6. The summed E-state index contributed by atoms with van der Waals surface area (Å²) in [5.41, 5.74) is 2.47. The minimum Gasteiger partial charge on any atom is -0.313 e. The van der Waals surface area contributed by atoms with E-state index in [0.717, 1.165) is 12.1 Å². The Kier molecular flexibility index (Phi) is 3.37. The summed E-state index contributed by atoms with van der Waals surface area (Å²) in [4.78, 5) is 4.04. The number of benzene rings is 1. The third-order valence-corrected chi connectivity index (χ3v) is 2.85. The van der Waals surface area contributed by atoms with E-state index in [9.17, 15) is 0 Å². The van der Waals surface area contributed by atoms with Gasteiger partial charge in [-0.3, -0.25) is 0 Å². The Morgan fingerprint density at radius 2 is 2.06 bits per heavy atom. The molecule has 0 saturated carbocycles. The van der Waals surface area contributed by atoms with E-state index in [1.807, 2.05) is 24.1 Å². The molecular formula is C13H17N3. The first kappa shape index (κ1) is 10.9. The molecule has 1 atom stereocenters. The van der Waals surface area contributed by atoms with Crippen molar-refractivity contribution in [1.29, 1.82) is 0 Å². The summed E-state index contributed by atoms with van der Waals surface area (Å²) >= 11 is 0. The van der Waals surface area contributed by atoms with E-state index < -0.39 is 0 Å². The molecule has 1 N–H and O–H groups in total. The highest BCUT2D eigenvalue weighted by Crippen LogP contribution is 2.17. The summed E-state index contributed by atoms with van der Waals surface area (Å²) in [7, 11) is 2.00. The molecule has 1 unspecified atom stereocenters. The molecule has 0 spiro atoms. The summed E-state index contributed by atoms with van der Waals surface area (Å²) in [6, 6.07) is 9.02. The first-order valence-corrected chi connectivity index (χ1v) is 5.60. The fraction of sp³-hybridized carbons (Fsp3) is 0.308. The van der Waals surface area contributed by atoms with Crippen LogP contribution in [0.5, 0.6) is 0 Å². The number of rotatable bonds is 4. The Balaban J connectivity index is 2.22. The molecule has 0 amide bonds. The highest BCUT2D eigenvalue weighted by Gasteiger charge is 2.05. The Labute approximate surface area is 96.1 Å². The van der Waals surface area contributed by atoms with E-state index in [-0.39, 0.29) is 0 Å². The molecule has 0 saturated heterocycles. The van der Waals surface area contributed by atoms with Gasteiger partial charge < -0.3 is 9.88 Å². The summed E-state index contributed by atoms with van der Waals surface area (Å²) < 4.78 is 2.00. The Bertz CT molecular complexity index is 413. The molecule has 0 fully saturated rings. The Morgan fingerprint density at radius 3 is 2.56 bits per heavy atom. The van der Waals surface area contributed by atoms with Crippen molar-refractivity contribution in [3.05, 3.63) is 48.5 Å². The van der Waals surface area contributed by atoms with E-state index in [1.165, 1.54) is 5.56 Å². The van der Waals surface area contributed by atoms with Crippen molar-refractivity contribution < 1.29 is 0 Å². The summed E-state index contributed by atoms with van der Waals surface area (Å²) in [5, 5.41) is 3.30. The number of hydrogen-bond acceptors (Lipinski definition) is 2. The third-order valence-electron chi connectivity index (χ3n) is 2.85. The van der Waals surface area contributed by atoms with Gasteiger partial charge in [0.2, 0.25) is 0 Å². The van der Waals surface area contributed by atoms with Crippen molar-refractivity contribution in [3.63, 3.8) is 0 Å². The van der Waals surface area contributed by atoms with E-state index in [1.54, 1.807) is 6.20 Å². The highest BCUT2D eigenvalue weighted by molar-refractivity contribution is 5.35. The zero-order valence-electron chi connectivity index (χ0n) is 9.72. The van der Waals surface area contributed by atoms with E-state index in [2.05, 4.69) is 41.5 Å². The van der Waals surface area contributed by atoms with Crippen LogP contribution in [0.4, 0.5) is 0 Å². The standard InChI is InChI=1S/C13H17N3/c1-3-13(14-2)11-4-6-12(7-5-11)16-9-8-15-10-16/h4-10,13-14H,3H2,1-2H3. The molecular weight excluding hydrogens is 198 g/mol. The molecule has 2 rings (SSSR count). The van der Waals surface area contributed by atoms with Gasteiger partial charge in [0.1, 0.15) is 0 Å². The van der Waals surface area contributed by atoms with Gasteiger partial charge in [0, 0.05) is 24.1 Å². The minimum absolute atomic E-state index is 0.442. The number of hydrogen-bond donors (Lipinski definition) is 1. The zero-order valence-corrected chi connectivity index (χ0v) is 9.72. The van der Waals surface area contributed by atoms with Gasteiger partial charge in [-0.2, -0.15) is 0 Å². The van der Waals surface area contributed by atoms with Crippen LogP contribution in [0.25, 0.3) is 5.69 Å². The molecule has 3 nitrogen and oxygen atoms in total. The Hall–Kier alpha value is -1.61. The van der Waals surface area contributed by atoms with Crippen LogP contribution in [0, 0.1) is 0 Å². The monoisotopic (exact) mass is 215 g/mol. The van der Waals surface area contributed by atoms with Crippen molar-refractivity contribution in [3.8, 4) is 5.69 Å². The largest absolute Gasteiger partial charge is 0.313 e. The number of aromatic nitrogens is 2. The van der Waals surface area contributed by atoms with Gasteiger partial charge in [0.25, 0.3) is 0 Å². The SMILES string of the molecule is CCC(NC)c1ccc(-n2ccnc2)cc1. The van der Waals surface area contributed by atoms with Gasteiger partial charge in [0.15, 0.2) is 0 Å². The second-order valence-corrected chi connectivity index (χ2v) is 3.81. The molecule has 1 aromatic heterocycles. The number of nitrogens with zero attached hydrogens (tertiary/aromatic N) is 2. The quantitative estimate of drug-likeness (QED) is 0.849. The molecule has 0 aliphatic carbocycles. The van der Waals surface area contributed by atoms with Crippen LogP contribution in [0.1, 0.15) is 24.9 Å². The molecule has 0 bridgehead atoms. The van der Waals surface area contributed by atoms with Crippen molar-refractivity contribution in [2.24, 2.45) is 0 Å². The molecule has 3 heteroatoms. The van der Waals surface area contributed by atoms with Gasteiger partial charge in [0.05, 0.1) is 6.33 Å². The molecule has 84 valence electrons. The molecule has 2 aromatic rings. The molecule has 1 aromatic carbocycles. The van der Waals surface area contributed by atoms with Gasteiger partial charge in [-0.1, -0.05) is 19.1 Å². The van der Waals surface area contributed by atoms with Crippen LogP contribution in [0.15, 0.2) is 43.0 Å². The third kappa shape index (κ3) is 2.14. The van der Waals surface area contributed by atoms with E-state index in [4.69, 9.17) is 0 Å². The van der Waals surface area contributed by atoms with Crippen LogP contribution < -0.4 is 5.32 Å².